The van der Waals surface area contributed by atoms with Gasteiger partial charge in [-0.1, -0.05) is 0 Å². The minimum absolute atomic E-state index is 0.135. The first-order chi connectivity index (χ1) is 9.61. The van der Waals surface area contributed by atoms with Gasteiger partial charge in [0.05, 0.1) is 10.5 Å². The molecule has 0 aliphatic rings. The number of nitro groups is 1. The van der Waals surface area contributed by atoms with E-state index in [9.17, 15) is 14.9 Å². The number of hydrogen-bond acceptors (Lipinski definition) is 5. The van der Waals surface area contributed by atoms with E-state index in [4.69, 9.17) is 0 Å². The average molecular weight is 272 g/mol. The predicted octanol–water partition coefficient (Wildman–Crippen LogP) is 2.28. The number of nitrogens with zero attached hydrogens (tertiary/aromatic N) is 2. The van der Waals surface area contributed by atoms with Gasteiger partial charge in [0.2, 0.25) is 0 Å². The molecule has 2 rings (SSSR count). The van der Waals surface area contributed by atoms with E-state index in [0.717, 1.165) is 0 Å². The molecular weight excluding hydrogens is 260 g/mol. The third kappa shape index (κ3) is 2.89. The number of nitro benzene ring substituents is 1. The molecule has 102 valence electrons. The second kappa shape index (κ2) is 5.79. The van der Waals surface area contributed by atoms with Gasteiger partial charge >= 0.3 is 0 Å². The number of rotatable bonds is 4. The van der Waals surface area contributed by atoms with Crippen LogP contribution >= 0.6 is 0 Å². The highest BCUT2D eigenvalue weighted by Crippen LogP contribution is 2.22. The molecule has 0 bridgehead atoms. The molecule has 0 unspecified atom stereocenters. The number of amides is 1. The fourth-order valence-corrected chi connectivity index (χ4v) is 1.69. The third-order valence-electron chi connectivity index (χ3n) is 2.67. The number of carbonyl (C=O) groups is 1. The second-order valence-corrected chi connectivity index (χ2v) is 3.93. The van der Waals surface area contributed by atoms with E-state index in [0.29, 0.717) is 11.4 Å². The highest BCUT2D eigenvalue weighted by Gasteiger charge is 2.16. The van der Waals surface area contributed by atoms with E-state index < -0.39 is 10.8 Å². The predicted molar refractivity (Wildman–Crippen MR) is 74.8 cm³/mol. The summed E-state index contributed by atoms with van der Waals surface area (Å²) in [7, 11) is 1.64. The lowest BCUT2D eigenvalue weighted by atomic mass is 10.1. The fourth-order valence-electron chi connectivity index (χ4n) is 1.69. The number of aromatic nitrogens is 1. The molecule has 0 atom stereocenters. The first kappa shape index (κ1) is 13.5. The van der Waals surface area contributed by atoms with Crippen LogP contribution in [0.1, 0.15) is 10.4 Å². The Morgan fingerprint density at radius 3 is 2.55 bits per heavy atom. The zero-order chi connectivity index (χ0) is 14.5. The van der Waals surface area contributed by atoms with E-state index in [2.05, 4.69) is 15.6 Å². The Kier molecular flexibility index (Phi) is 3.90. The molecule has 7 heteroatoms. The number of benzene rings is 1. The van der Waals surface area contributed by atoms with Crippen molar-refractivity contribution in [3.63, 3.8) is 0 Å². The van der Waals surface area contributed by atoms with E-state index in [1.165, 1.54) is 18.2 Å². The summed E-state index contributed by atoms with van der Waals surface area (Å²) in [4.78, 5) is 26.3. The lowest BCUT2D eigenvalue weighted by Crippen LogP contribution is -2.14. The molecule has 1 amide bonds. The Labute approximate surface area is 114 Å². The Balaban J connectivity index is 2.32. The largest absolute Gasteiger partial charge is 0.387 e. The molecule has 0 radical (unpaired) electrons. The molecule has 0 saturated heterocycles. The van der Waals surface area contributed by atoms with Crippen molar-refractivity contribution in [1.29, 1.82) is 0 Å². The Morgan fingerprint density at radius 1 is 1.25 bits per heavy atom. The van der Waals surface area contributed by atoms with Crippen molar-refractivity contribution >= 4 is 23.0 Å². The smallest absolute Gasteiger partial charge is 0.270 e. The maximum atomic E-state index is 12.2. The minimum atomic E-state index is -0.539. The van der Waals surface area contributed by atoms with Crippen molar-refractivity contribution in [1.82, 2.24) is 4.98 Å². The highest BCUT2D eigenvalue weighted by atomic mass is 16.6. The summed E-state index contributed by atoms with van der Waals surface area (Å²) in [6, 6.07) is 7.35. The van der Waals surface area contributed by atoms with Crippen LogP contribution in [0.4, 0.5) is 17.1 Å². The van der Waals surface area contributed by atoms with Crippen molar-refractivity contribution in [3.8, 4) is 0 Å². The average Bonchev–Trinajstić information content (AvgIpc) is 2.47. The number of carbonyl (C=O) groups excluding carboxylic acids is 1. The van der Waals surface area contributed by atoms with Gasteiger partial charge < -0.3 is 10.6 Å². The van der Waals surface area contributed by atoms with E-state index >= 15 is 0 Å². The van der Waals surface area contributed by atoms with Gasteiger partial charge in [-0.25, -0.2) is 0 Å². The number of hydrogen-bond donors (Lipinski definition) is 2. The van der Waals surface area contributed by atoms with E-state index in [1.807, 2.05) is 0 Å². The van der Waals surface area contributed by atoms with Crippen LogP contribution < -0.4 is 10.6 Å². The molecule has 2 N–H and O–H groups in total. The first-order valence-corrected chi connectivity index (χ1v) is 5.79. The molecule has 1 aromatic heterocycles. The zero-order valence-corrected chi connectivity index (χ0v) is 10.7. The van der Waals surface area contributed by atoms with Crippen molar-refractivity contribution in [3.05, 3.63) is 58.4 Å². The number of nitrogens with one attached hydrogen (secondary N) is 2. The molecule has 7 nitrogen and oxygen atoms in total. The lowest BCUT2D eigenvalue weighted by Gasteiger charge is -2.09. The van der Waals surface area contributed by atoms with Gasteiger partial charge in [-0.15, -0.1) is 0 Å². The molecule has 0 fully saturated rings. The van der Waals surface area contributed by atoms with Crippen molar-refractivity contribution in [2.75, 3.05) is 17.7 Å². The molecule has 0 spiro atoms. The zero-order valence-electron chi connectivity index (χ0n) is 10.7. The minimum Gasteiger partial charge on any atom is -0.387 e. The topological polar surface area (TPSA) is 97.2 Å². The summed E-state index contributed by atoms with van der Waals surface area (Å²) in [6.45, 7) is 0. The van der Waals surface area contributed by atoms with Gasteiger partial charge in [0.1, 0.15) is 0 Å². The maximum Gasteiger partial charge on any atom is 0.270 e. The molecule has 1 aromatic carbocycles. The molecular formula is C13H12N4O3. The number of pyridine rings is 1. The van der Waals surface area contributed by atoms with Crippen molar-refractivity contribution < 1.29 is 9.72 Å². The highest BCUT2D eigenvalue weighted by molar-refractivity contribution is 6.08. The fraction of sp³-hybridized carbons (Fsp3) is 0.0769. The van der Waals surface area contributed by atoms with Gasteiger partial charge in [0, 0.05) is 42.9 Å². The molecule has 20 heavy (non-hydrogen) atoms. The van der Waals surface area contributed by atoms with Crippen LogP contribution in [0, 0.1) is 10.1 Å². The summed E-state index contributed by atoms with van der Waals surface area (Å²) in [6.07, 6.45) is 3.09. The van der Waals surface area contributed by atoms with Gasteiger partial charge in [-0.3, -0.25) is 19.9 Å². The van der Waals surface area contributed by atoms with Gasteiger partial charge in [0.25, 0.3) is 11.6 Å². The van der Waals surface area contributed by atoms with Crippen LogP contribution in [0.5, 0.6) is 0 Å². The Bertz CT molecular complexity index is 643. The van der Waals surface area contributed by atoms with Crippen LogP contribution in [-0.2, 0) is 0 Å². The SMILES string of the molecule is CNc1ccc([N+](=O)[O-])cc1C(=O)Nc1ccncc1. The van der Waals surface area contributed by atoms with Gasteiger partial charge in [-0.2, -0.15) is 0 Å². The van der Waals surface area contributed by atoms with Crippen LogP contribution in [-0.4, -0.2) is 22.9 Å². The van der Waals surface area contributed by atoms with E-state index in [-0.39, 0.29) is 11.3 Å². The van der Waals surface area contributed by atoms with E-state index in [1.54, 1.807) is 31.6 Å². The van der Waals surface area contributed by atoms with Crippen molar-refractivity contribution in [2.45, 2.75) is 0 Å². The molecule has 2 aromatic rings. The third-order valence-corrected chi connectivity index (χ3v) is 2.67. The van der Waals surface area contributed by atoms with Crippen LogP contribution in [0.2, 0.25) is 0 Å². The summed E-state index contributed by atoms with van der Waals surface area (Å²) >= 11 is 0. The number of non-ortho nitro benzene ring substituents is 1. The van der Waals surface area contributed by atoms with Crippen molar-refractivity contribution in [2.24, 2.45) is 0 Å². The molecule has 0 aliphatic heterocycles. The summed E-state index contributed by atoms with van der Waals surface area (Å²) in [5.74, 6) is -0.427. The van der Waals surface area contributed by atoms with Crippen LogP contribution in [0.3, 0.4) is 0 Å². The van der Waals surface area contributed by atoms with Gasteiger partial charge in [-0.05, 0) is 18.2 Å². The maximum absolute atomic E-state index is 12.2. The monoisotopic (exact) mass is 272 g/mol. The summed E-state index contributed by atoms with van der Waals surface area (Å²) < 4.78 is 0. The lowest BCUT2D eigenvalue weighted by molar-refractivity contribution is -0.384. The molecule has 0 aliphatic carbocycles. The van der Waals surface area contributed by atoms with Gasteiger partial charge in [0.15, 0.2) is 0 Å². The summed E-state index contributed by atoms with van der Waals surface area (Å²) in [5, 5.41) is 16.3. The summed E-state index contributed by atoms with van der Waals surface area (Å²) in [5.41, 5.74) is 1.16. The first-order valence-electron chi connectivity index (χ1n) is 5.79. The quantitative estimate of drug-likeness (QED) is 0.657. The second-order valence-electron chi connectivity index (χ2n) is 3.93. The Hall–Kier alpha value is -2.96. The Morgan fingerprint density at radius 2 is 1.95 bits per heavy atom. The molecule has 0 saturated carbocycles. The van der Waals surface area contributed by atoms with Crippen LogP contribution in [0.25, 0.3) is 0 Å². The normalized spacial score (nSPS) is 9.85. The standard InChI is InChI=1S/C13H12N4O3/c1-14-12-3-2-10(17(19)20)8-11(12)13(18)16-9-4-6-15-7-5-9/h2-8,14H,1H3,(H,15,16,18). The molecule has 1 heterocycles. The number of anilines is 2. The van der Waals surface area contributed by atoms with Crippen LogP contribution in [0.15, 0.2) is 42.7 Å².